The van der Waals surface area contributed by atoms with Gasteiger partial charge in [-0.05, 0) is 31.4 Å². The van der Waals surface area contributed by atoms with Gasteiger partial charge in [-0.15, -0.1) is 0 Å². The van der Waals surface area contributed by atoms with Gasteiger partial charge < -0.3 is 15.2 Å². The maximum Gasteiger partial charge on any atom is 0.0805 e. The van der Waals surface area contributed by atoms with Crippen molar-refractivity contribution in [2.45, 2.75) is 62.2 Å². The lowest BCUT2D eigenvalue weighted by atomic mass is 9.91. The summed E-state index contributed by atoms with van der Waals surface area (Å²) >= 11 is 2.02. The van der Waals surface area contributed by atoms with Gasteiger partial charge in [-0.1, -0.05) is 12.8 Å². The van der Waals surface area contributed by atoms with E-state index in [1.54, 1.807) is 0 Å². The molecule has 3 nitrogen and oxygen atoms in total. The highest BCUT2D eigenvalue weighted by atomic mass is 32.2. The Morgan fingerprint density at radius 1 is 1.28 bits per heavy atom. The number of thioether (sulfide) groups is 1. The van der Waals surface area contributed by atoms with Crippen LogP contribution in [0.3, 0.4) is 0 Å². The summed E-state index contributed by atoms with van der Waals surface area (Å²) in [5.74, 6) is 2.40. The fourth-order valence-corrected chi connectivity index (χ4v) is 4.87. The fraction of sp³-hybridized carbons (Fsp3) is 1.00. The molecule has 0 aromatic carbocycles. The van der Waals surface area contributed by atoms with Gasteiger partial charge in [-0.25, -0.2) is 0 Å². The minimum Gasteiger partial charge on any atom is -0.376 e. The molecule has 18 heavy (non-hydrogen) atoms. The average molecular weight is 271 g/mol. The van der Waals surface area contributed by atoms with Crippen molar-refractivity contribution in [1.29, 1.82) is 0 Å². The number of hydrogen-bond donors (Lipinski definition) is 1. The molecule has 2 unspecified atom stereocenters. The van der Waals surface area contributed by atoms with Crippen molar-refractivity contribution in [3.8, 4) is 0 Å². The number of hydrogen-bond acceptors (Lipinski definition) is 4. The van der Waals surface area contributed by atoms with Crippen LogP contribution in [0.1, 0.15) is 44.9 Å². The van der Waals surface area contributed by atoms with E-state index in [4.69, 9.17) is 15.2 Å². The molecule has 3 fully saturated rings. The molecule has 0 aromatic rings. The van der Waals surface area contributed by atoms with Gasteiger partial charge in [0.05, 0.1) is 18.3 Å². The Labute approximate surface area is 114 Å². The molecule has 2 aliphatic heterocycles. The molecule has 0 aromatic heterocycles. The Kier molecular flexibility index (Phi) is 3.90. The molecule has 104 valence electrons. The summed E-state index contributed by atoms with van der Waals surface area (Å²) in [5, 5.41) is 0. The summed E-state index contributed by atoms with van der Waals surface area (Å²) < 4.78 is 12.2. The molecule has 1 saturated carbocycles. The van der Waals surface area contributed by atoms with Crippen molar-refractivity contribution >= 4 is 11.8 Å². The maximum atomic E-state index is 6.36. The molecule has 2 heterocycles. The van der Waals surface area contributed by atoms with Crippen LogP contribution in [0.25, 0.3) is 0 Å². The molecule has 3 rings (SSSR count). The monoisotopic (exact) mass is 271 g/mol. The number of rotatable bonds is 3. The first-order valence-electron chi connectivity index (χ1n) is 7.32. The molecular formula is C14H25NO2S. The van der Waals surface area contributed by atoms with Crippen LogP contribution in [0.5, 0.6) is 0 Å². The van der Waals surface area contributed by atoms with E-state index in [1.807, 2.05) is 11.8 Å². The van der Waals surface area contributed by atoms with E-state index in [9.17, 15) is 0 Å². The third kappa shape index (κ3) is 2.87. The van der Waals surface area contributed by atoms with E-state index in [-0.39, 0.29) is 11.1 Å². The highest BCUT2D eigenvalue weighted by Gasteiger charge is 2.41. The van der Waals surface area contributed by atoms with E-state index < -0.39 is 0 Å². The van der Waals surface area contributed by atoms with E-state index in [0.29, 0.717) is 6.10 Å². The van der Waals surface area contributed by atoms with Crippen molar-refractivity contribution in [3.63, 3.8) is 0 Å². The summed E-state index contributed by atoms with van der Waals surface area (Å²) in [4.78, 5) is 0. The maximum absolute atomic E-state index is 6.36. The molecule has 2 atom stereocenters. The minimum atomic E-state index is -0.0319. The lowest BCUT2D eigenvalue weighted by molar-refractivity contribution is -0.126. The molecular weight excluding hydrogens is 246 g/mol. The quantitative estimate of drug-likeness (QED) is 0.855. The van der Waals surface area contributed by atoms with Gasteiger partial charge >= 0.3 is 0 Å². The Balaban J connectivity index is 1.50. The van der Waals surface area contributed by atoms with E-state index >= 15 is 0 Å². The van der Waals surface area contributed by atoms with Gasteiger partial charge in [0.1, 0.15) is 0 Å². The second-order valence-electron chi connectivity index (χ2n) is 6.33. The van der Waals surface area contributed by atoms with Crippen LogP contribution in [0.4, 0.5) is 0 Å². The van der Waals surface area contributed by atoms with Crippen molar-refractivity contribution < 1.29 is 9.47 Å². The third-order valence-electron chi connectivity index (χ3n) is 4.72. The second-order valence-corrected chi connectivity index (χ2v) is 7.43. The zero-order chi connectivity index (χ0) is 12.5. The molecule has 2 saturated heterocycles. The van der Waals surface area contributed by atoms with Crippen molar-refractivity contribution in [3.05, 3.63) is 0 Å². The van der Waals surface area contributed by atoms with Gasteiger partial charge in [-0.2, -0.15) is 11.8 Å². The molecule has 3 aliphatic rings. The van der Waals surface area contributed by atoms with Gasteiger partial charge in [0, 0.05) is 24.3 Å². The smallest absolute Gasteiger partial charge is 0.0805 e. The Morgan fingerprint density at radius 3 is 2.83 bits per heavy atom. The fourth-order valence-electron chi connectivity index (χ4n) is 3.50. The normalized spacial score (nSPS) is 39.5. The van der Waals surface area contributed by atoms with Gasteiger partial charge in [0.25, 0.3) is 0 Å². The zero-order valence-corrected chi connectivity index (χ0v) is 12.0. The predicted octanol–water partition coefficient (Wildman–Crippen LogP) is 2.33. The predicted molar refractivity (Wildman–Crippen MR) is 75.0 cm³/mol. The van der Waals surface area contributed by atoms with Crippen LogP contribution in [0.15, 0.2) is 0 Å². The largest absolute Gasteiger partial charge is 0.376 e. The Bertz CT molecular complexity index is 286. The average Bonchev–Trinajstić information content (AvgIpc) is 2.98. The van der Waals surface area contributed by atoms with Crippen LogP contribution in [-0.4, -0.2) is 42.0 Å². The van der Waals surface area contributed by atoms with E-state index in [2.05, 4.69) is 0 Å². The van der Waals surface area contributed by atoms with Crippen LogP contribution in [0, 0.1) is 0 Å². The molecule has 0 radical (unpaired) electrons. The summed E-state index contributed by atoms with van der Waals surface area (Å²) in [6.45, 7) is 1.61. The first kappa shape index (κ1) is 13.2. The lowest BCUT2D eigenvalue weighted by Gasteiger charge is -2.38. The van der Waals surface area contributed by atoms with E-state index in [1.165, 1.54) is 25.0 Å². The van der Waals surface area contributed by atoms with Gasteiger partial charge in [0.2, 0.25) is 0 Å². The van der Waals surface area contributed by atoms with E-state index in [0.717, 1.165) is 44.6 Å². The van der Waals surface area contributed by atoms with Crippen LogP contribution in [0.2, 0.25) is 0 Å². The first-order valence-corrected chi connectivity index (χ1v) is 8.48. The van der Waals surface area contributed by atoms with Crippen molar-refractivity contribution in [2.24, 2.45) is 5.73 Å². The molecule has 4 heteroatoms. The molecule has 1 aliphatic carbocycles. The minimum absolute atomic E-state index is 0.0319. The molecule has 2 N–H and O–H groups in total. The van der Waals surface area contributed by atoms with Gasteiger partial charge in [-0.3, -0.25) is 0 Å². The summed E-state index contributed by atoms with van der Waals surface area (Å²) in [5.41, 5.74) is 6.46. The van der Waals surface area contributed by atoms with Crippen LogP contribution >= 0.6 is 11.8 Å². The van der Waals surface area contributed by atoms with Crippen molar-refractivity contribution in [1.82, 2.24) is 0 Å². The van der Waals surface area contributed by atoms with Gasteiger partial charge in [0.15, 0.2) is 0 Å². The topological polar surface area (TPSA) is 44.5 Å². The number of ether oxygens (including phenoxy) is 2. The summed E-state index contributed by atoms with van der Waals surface area (Å²) in [6, 6.07) is 0. The number of nitrogens with two attached hydrogens (primary N) is 1. The Hall–Kier alpha value is 0.230. The second kappa shape index (κ2) is 5.31. The first-order chi connectivity index (χ1) is 8.70. The zero-order valence-electron chi connectivity index (χ0n) is 11.2. The molecule has 0 bridgehead atoms. The standard InChI is InChI=1S/C14H25NO2S/c15-13(4-1-2-5-13)10-16-12-3-7-17-14(9-12)6-8-18-11-14/h12H,1-11,15H2. The third-order valence-corrected chi connectivity index (χ3v) is 5.94. The van der Waals surface area contributed by atoms with Crippen molar-refractivity contribution in [2.75, 3.05) is 24.7 Å². The highest BCUT2D eigenvalue weighted by Crippen LogP contribution is 2.39. The molecule has 1 spiro atoms. The molecule has 0 amide bonds. The summed E-state index contributed by atoms with van der Waals surface area (Å²) in [6.07, 6.45) is 8.51. The highest BCUT2D eigenvalue weighted by molar-refractivity contribution is 7.99. The SMILES string of the molecule is NC1(COC2CCOC3(CCSC3)C2)CCCC1. The van der Waals surface area contributed by atoms with Crippen LogP contribution in [-0.2, 0) is 9.47 Å². The van der Waals surface area contributed by atoms with Crippen LogP contribution < -0.4 is 5.73 Å². The lowest BCUT2D eigenvalue weighted by Crippen LogP contribution is -2.47. The Morgan fingerprint density at radius 2 is 2.11 bits per heavy atom. The summed E-state index contributed by atoms with van der Waals surface area (Å²) in [7, 11) is 0.